The number of aromatic nitrogens is 2. The standard InChI is InChI=1S/C30H24N2/c1-21-11-13-23(14-12-21)24-15-17-26(18-16-24)29-20-28(25-8-4-3-5-9-25)31-30(32-29)27-10-6-7-22(2)19-27/h3-20H,1-2H3. The van der Waals surface area contributed by atoms with Gasteiger partial charge in [0.2, 0.25) is 0 Å². The van der Waals surface area contributed by atoms with Crippen molar-refractivity contribution in [1.29, 1.82) is 0 Å². The maximum atomic E-state index is 4.94. The van der Waals surface area contributed by atoms with Crippen molar-refractivity contribution in [3.8, 4) is 45.0 Å². The molecule has 32 heavy (non-hydrogen) atoms. The molecule has 0 saturated heterocycles. The fourth-order valence-electron chi connectivity index (χ4n) is 3.84. The fourth-order valence-corrected chi connectivity index (χ4v) is 3.84. The van der Waals surface area contributed by atoms with Crippen molar-refractivity contribution in [3.63, 3.8) is 0 Å². The first kappa shape index (κ1) is 19.9. The second kappa shape index (κ2) is 8.60. The molecular weight excluding hydrogens is 388 g/mol. The van der Waals surface area contributed by atoms with Gasteiger partial charge in [-0.2, -0.15) is 0 Å². The molecule has 0 unspecified atom stereocenters. The molecule has 0 fully saturated rings. The summed E-state index contributed by atoms with van der Waals surface area (Å²) in [7, 11) is 0. The maximum Gasteiger partial charge on any atom is 0.160 e. The van der Waals surface area contributed by atoms with Crippen LogP contribution in [0, 0.1) is 13.8 Å². The predicted octanol–water partition coefficient (Wildman–Crippen LogP) is 7.76. The van der Waals surface area contributed by atoms with Crippen LogP contribution in [0.5, 0.6) is 0 Å². The van der Waals surface area contributed by atoms with Gasteiger partial charge in [-0.1, -0.05) is 108 Å². The molecule has 1 aromatic heterocycles. The van der Waals surface area contributed by atoms with E-state index in [0.717, 1.165) is 33.9 Å². The minimum Gasteiger partial charge on any atom is -0.228 e. The van der Waals surface area contributed by atoms with Crippen LogP contribution in [0.1, 0.15) is 11.1 Å². The molecule has 0 aliphatic carbocycles. The first-order valence-corrected chi connectivity index (χ1v) is 10.8. The van der Waals surface area contributed by atoms with E-state index in [-0.39, 0.29) is 0 Å². The van der Waals surface area contributed by atoms with Gasteiger partial charge >= 0.3 is 0 Å². The largest absolute Gasteiger partial charge is 0.228 e. The second-order valence-electron chi connectivity index (χ2n) is 8.14. The molecule has 0 aliphatic rings. The summed E-state index contributed by atoms with van der Waals surface area (Å²) in [6.07, 6.45) is 0. The van der Waals surface area contributed by atoms with E-state index in [4.69, 9.17) is 9.97 Å². The summed E-state index contributed by atoms with van der Waals surface area (Å²) in [4.78, 5) is 9.85. The van der Waals surface area contributed by atoms with Crippen molar-refractivity contribution in [2.75, 3.05) is 0 Å². The lowest BCUT2D eigenvalue weighted by molar-refractivity contribution is 1.18. The average Bonchev–Trinajstić information content (AvgIpc) is 2.85. The van der Waals surface area contributed by atoms with Crippen LogP contribution in [0.15, 0.2) is 109 Å². The van der Waals surface area contributed by atoms with Crippen LogP contribution < -0.4 is 0 Å². The Balaban J connectivity index is 1.59. The van der Waals surface area contributed by atoms with Crippen LogP contribution in [0.2, 0.25) is 0 Å². The SMILES string of the molecule is Cc1ccc(-c2ccc(-c3cc(-c4ccccc4)nc(-c4cccc(C)c4)n3)cc2)cc1. The normalized spacial score (nSPS) is 10.8. The van der Waals surface area contributed by atoms with Crippen molar-refractivity contribution < 1.29 is 0 Å². The minimum absolute atomic E-state index is 0.743. The van der Waals surface area contributed by atoms with Gasteiger partial charge in [0.1, 0.15) is 0 Å². The molecule has 0 N–H and O–H groups in total. The Kier molecular flexibility index (Phi) is 5.35. The monoisotopic (exact) mass is 412 g/mol. The summed E-state index contributed by atoms with van der Waals surface area (Å²) in [5.41, 5.74) is 9.92. The third-order valence-electron chi connectivity index (χ3n) is 5.64. The first-order chi connectivity index (χ1) is 15.7. The molecule has 0 aliphatic heterocycles. The van der Waals surface area contributed by atoms with E-state index in [1.165, 1.54) is 22.3 Å². The average molecular weight is 413 g/mol. The van der Waals surface area contributed by atoms with Gasteiger partial charge in [0.25, 0.3) is 0 Å². The van der Waals surface area contributed by atoms with Gasteiger partial charge in [-0.3, -0.25) is 0 Å². The Hall–Kier alpha value is -4.04. The molecule has 0 spiro atoms. The molecule has 2 nitrogen and oxygen atoms in total. The lowest BCUT2D eigenvalue weighted by Gasteiger charge is -2.10. The summed E-state index contributed by atoms with van der Waals surface area (Å²) in [6, 6.07) is 38.0. The zero-order chi connectivity index (χ0) is 21.9. The third kappa shape index (κ3) is 4.21. The molecule has 5 rings (SSSR count). The summed E-state index contributed by atoms with van der Waals surface area (Å²) in [6.45, 7) is 4.20. The van der Waals surface area contributed by atoms with E-state index in [9.17, 15) is 0 Å². The highest BCUT2D eigenvalue weighted by atomic mass is 14.9. The van der Waals surface area contributed by atoms with Crippen LogP contribution >= 0.6 is 0 Å². The molecule has 1 heterocycles. The number of rotatable bonds is 4. The lowest BCUT2D eigenvalue weighted by atomic mass is 10.0. The number of hydrogen-bond donors (Lipinski definition) is 0. The summed E-state index contributed by atoms with van der Waals surface area (Å²) in [5, 5.41) is 0. The van der Waals surface area contributed by atoms with E-state index >= 15 is 0 Å². The quantitative estimate of drug-likeness (QED) is 0.301. The zero-order valence-electron chi connectivity index (χ0n) is 18.3. The van der Waals surface area contributed by atoms with Gasteiger partial charge in [0.15, 0.2) is 5.82 Å². The molecule has 4 aromatic carbocycles. The predicted molar refractivity (Wildman–Crippen MR) is 133 cm³/mol. The van der Waals surface area contributed by atoms with Gasteiger partial charge in [0.05, 0.1) is 11.4 Å². The number of nitrogens with zero attached hydrogens (tertiary/aromatic N) is 2. The topological polar surface area (TPSA) is 25.8 Å². The molecule has 0 saturated carbocycles. The van der Waals surface area contributed by atoms with Crippen molar-refractivity contribution >= 4 is 0 Å². The highest BCUT2D eigenvalue weighted by molar-refractivity contribution is 5.74. The Labute approximate surface area is 189 Å². The van der Waals surface area contributed by atoms with E-state index in [1.807, 2.05) is 18.2 Å². The van der Waals surface area contributed by atoms with Crippen LogP contribution in [0.3, 0.4) is 0 Å². The van der Waals surface area contributed by atoms with Crippen LogP contribution in [0.4, 0.5) is 0 Å². The molecule has 0 amide bonds. The van der Waals surface area contributed by atoms with Crippen molar-refractivity contribution in [2.45, 2.75) is 13.8 Å². The Morgan fingerprint density at radius 2 is 0.938 bits per heavy atom. The molecule has 154 valence electrons. The number of hydrogen-bond acceptors (Lipinski definition) is 2. The second-order valence-corrected chi connectivity index (χ2v) is 8.14. The Morgan fingerprint density at radius 3 is 1.56 bits per heavy atom. The van der Waals surface area contributed by atoms with E-state index in [0.29, 0.717) is 0 Å². The van der Waals surface area contributed by atoms with Crippen molar-refractivity contribution in [1.82, 2.24) is 9.97 Å². The number of benzene rings is 4. The van der Waals surface area contributed by atoms with Gasteiger partial charge in [0, 0.05) is 16.7 Å². The van der Waals surface area contributed by atoms with Crippen molar-refractivity contribution in [3.05, 3.63) is 120 Å². The molecular formula is C30H24N2. The minimum atomic E-state index is 0.743. The smallest absolute Gasteiger partial charge is 0.160 e. The van der Waals surface area contributed by atoms with E-state index in [2.05, 4.69) is 105 Å². The summed E-state index contributed by atoms with van der Waals surface area (Å²) in [5.74, 6) is 0.743. The highest BCUT2D eigenvalue weighted by Gasteiger charge is 2.11. The molecule has 5 aromatic rings. The first-order valence-electron chi connectivity index (χ1n) is 10.8. The van der Waals surface area contributed by atoms with Gasteiger partial charge in [-0.15, -0.1) is 0 Å². The summed E-state index contributed by atoms with van der Waals surface area (Å²) < 4.78 is 0. The third-order valence-corrected chi connectivity index (χ3v) is 5.64. The lowest BCUT2D eigenvalue weighted by Crippen LogP contribution is -1.96. The molecule has 0 bridgehead atoms. The van der Waals surface area contributed by atoms with Crippen LogP contribution in [0.25, 0.3) is 45.0 Å². The van der Waals surface area contributed by atoms with E-state index < -0.39 is 0 Å². The summed E-state index contributed by atoms with van der Waals surface area (Å²) >= 11 is 0. The maximum absolute atomic E-state index is 4.94. The molecule has 2 heteroatoms. The molecule has 0 atom stereocenters. The van der Waals surface area contributed by atoms with Gasteiger partial charge in [-0.25, -0.2) is 9.97 Å². The van der Waals surface area contributed by atoms with Gasteiger partial charge in [-0.05, 0) is 37.1 Å². The Morgan fingerprint density at radius 1 is 0.406 bits per heavy atom. The molecule has 0 radical (unpaired) electrons. The highest BCUT2D eigenvalue weighted by Crippen LogP contribution is 2.29. The van der Waals surface area contributed by atoms with Crippen molar-refractivity contribution in [2.24, 2.45) is 0 Å². The van der Waals surface area contributed by atoms with Gasteiger partial charge < -0.3 is 0 Å². The number of aryl methyl sites for hydroxylation is 2. The van der Waals surface area contributed by atoms with Crippen LogP contribution in [-0.2, 0) is 0 Å². The van der Waals surface area contributed by atoms with Crippen LogP contribution in [-0.4, -0.2) is 9.97 Å². The zero-order valence-corrected chi connectivity index (χ0v) is 18.3. The van der Waals surface area contributed by atoms with E-state index in [1.54, 1.807) is 0 Å². The Bertz CT molecular complexity index is 1350. The fraction of sp³-hybridized carbons (Fsp3) is 0.0667.